The molecule has 0 aliphatic rings. The summed E-state index contributed by atoms with van der Waals surface area (Å²) in [4.78, 5) is 20.2. The number of nitrogens with zero attached hydrogens (tertiary/aromatic N) is 2. The molecule has 0 spiro atoms. The SMILES string of the molecule is C=C(C#N)C(=O)O.C=C(C#N)C(=O)OC(C)C. The van der Waals surface area contributed by atoms with Crippen LogP contribution < -0.4 is 0 Å². The predicted octanol–water partition coefficient (Wildman–Crippen LogP) is 1.17. The van der Waals surface area contributed by atoms with Crippen LogP contribution in [-0.2, 0) is 14.3 Å². The van der Waals surface area contributed by atoms with E-state index in [0.717, 1.165) is 0 Å². The van der Waals surface area contributed by atoms with Crippen LogP contribution in [0.4, 0.5) is 0 Å². The van der Waals surface area contributed by atoms with E-state index in [1.165, 1.54) is 6.07 Å². The van der Waals surface area contributed by atoms with Gasteiger partial charge in [0.25, 0.3) is 0 Å². The number of rotatable bonds is 3. The van der Waals surface area contributed by atoms with Gasteiger partial charge in [0.2, 0.25) is 0 Å². The third kappa shape index (κ3) is 9.70. The molecule has 0 radical (unpaired) electrons. The zero-order valence-corrected chi connectivity index (χ0v) is 9.56. The average Bonchev–Trinajstić information content (AvgIpc) is 2.26. The molecule has 1 N–H and O–H groups in total. The third-order valence-corrected chi connectivity index (χ3v) is 1.12. The Morgan fingerprint density at radius 2 is 1.59 bits per heavy atom. The number of carbonyl (C=O) groups is 2. The number of hydrogen-bond acceptors (Lipinski definition) is 5. The molecule has 0 unspecified atom stereocenters. The van der Waals surface area contributed by atoms with Crippen LogP contribution >= 0.6 is 0 Å². The van der Waals surface area contributed by atoms with E-state index >= 15 is 0 Å². The molecular formula is C11H12N2O4. The van der Waals surface area contributed by atoms with Crippen LogP contribution in [0.15, 0.2) is 24.3 Å². The Morgan fingerprint density at radius 1 is 1.18 bits per heavy atom. The second-order valence-corrected chi connectivity index (χ2v) is 2.94. The predicted molar refractivity (Wildman–Crippen MR) is 58.4 cm³/mol. The fraction of sp³-hybridized carbons (Fsp3) is 0.273. The molecule has 0 fully saturated rings. The molecule has 0 heterocycles. The van der Waals surface area contributed by atoms with Crippen LogP contribution in [0, 0.1) is 22.7 Å². The van der Waals surface area contributed by atoms with Crippen molar-refractivity contribution in [2.45, 2.75) is 20.0 Å². The Bertz CT molecular complexity index is 410. The minimum Gasteiger partial charge on any atom is -0.477 e. The second-order valence-electron chi connectivity index (χ2n) is 2.94. The van der Waals surface area contributed by atoms with E-state index in [1.807, 2.05) is 0 Å². The highest BCUT2D eigenvalue weighted by Gasteiger charge is 2.08. The maximum Gasteiger partial charge on any atom is 0.348 e. The van der Waals surface area contributed by atoms with Crippen LogP contribution in [0.1, 0.15) is 13.8 Å². The van der Waals surface area contributed by atoms with Gasteiger partial charge in [-0.15, -0.1) is 0 Å². The van der Waals surface area contributed by atoms with Crippen molar-refractivity contribution in [3.05, 3.63) is 24.3 Å². The van der Waals surface area contributed by atoms with Gasteiger partial charge in [-0.25, -0.2) is 9.59 Å². The summed E-state index contributed by atoms with van der Waals surface area (Å²) in [6, 6.07) is 2.97. The zero-order chi connectivity index (χ0) is 14.0. The summed E-state index contributed by atoms with van der Waals surface area (Å²) >= 11 is 0. The van der Waals surface area contributed by atoms with Crippen molar-refractivity contribution in [2.75, 3.05) is 0 Å². The van der Waals surface area contributed by atoms with E-state index in [2.05, 4.69) is 17.9 Å². The summed E-state index contributed by atoms with van der Waals surface area (Å²) in [7, 11) is 0. The number of carboxylic acids is 1. The monoisotopic (exact) mass is 236 g/mol. The Balaban J connectivity index is 0. The number of hydrogen-bond donors (Lipinski definition) is 1. The highest BCUT2D eigenvalue weighted by Crippen LogP contribution is 1.96. The Labute approximate surface area is 99.0 Å². The van der Waals surface area contributed by atoms with Gasteiger partial charge in [0, 0.05) is 0 Å². The Kier molecular flexibility index (Phi) is 8.59. The molecule has 0 saturated carbocycles. The first-order valence-corrected chi connectivity index (χ1v) is 4.38. The minimum atomic E-state index is -1.26. The molecule has 0 aliphatic carbocycles. The molecule has 6 heteroatoms. The van der Waals surface area contributed by atoms with Crippen molar-refractivity contribution in [3.8, 4) is 12.1 Å². The summed E-state index contributed by atoms with van der Waals surface area (Å²) in [6.45, 7) is 9.52. The zero-order valence-electron chi connectivity index (χ0n) is 9.56. The van der Waals surface area contributed by atoms with Crippen molar-refractivity contribution in [3.63, 3.8) is 0 Å². The van der Waals surface area contributed by atoms with E-state index in [-0.39, 0.29) is 11.7 Å². The van der Waals surface area contributed by atoms with Gasteiger partial charge in [-0.05, 0) is 13.8 Å². The van der Waals surface area contributed by atoms with Crippen LogP contribution in [0.2, 0.25) is 0 Å². The third-order valence-electron chi connectivity index (χ3n) is 1.12. The maximum absolute atomic E-state index is 10.6. The largest absolute Gasteiger partial charge is 0.477 e. The number of ether oxygens (including phenoxy) is 1. The molecule has 0 aromatic heterocycles. The Hall–Kier alpha value is -2.60. The first-order valence-electron chi connectivity index (χ1n) is 4.38. The maximum atomic E-state index is 10.6. The van der Waals surface area contributed by atoms with Crippen LogP contribution in [0.5, 0.6) is 0 Å². The molecule has 0 saturated heterocycles. The van der Waals surface area contributed by atoms with Gasteiger partial charge in [0.1, 0.15) is 23.3 Å². The van der Waals surface area contributed by atoms with Crippen LogP contribution in [-0.4, -0.2) is 23.1 Å². The normalized spacial score (nSPS) is 7.82. The molecule has 0 aromatic rings. The summed E-state index contributed by atoms with van der Waals surface area (Å²) in [5.74, 6) is -1.90. The molecular weight excluding hydrogens is 224 g/mol. The lowest BCUT2D eigenvalue weighted by molar-refractivity contribution is -0.142. The fourth-order valence-corrected chi connectivity index (χ4v) is 0.379. The number of nitriles is 2. The highest BCUT2D eigenvalue weighted by molar-refractivity contribution is 5.92. The first kappa shape index (κ1) is 16.8. The number of carbonyl (C=O) groups excluding carboxylic acids is 1. The molecule has 0 bridgehead atoms. The summed E-state index contributed by atoms with van der Waals surface area (Å²) < 4.78 is 4.64. The molecule has 17 heavy (non-hydrogen) atoms. The van der Waals surface area contributed by atoms with E-state index < -0.39 is 17.5 Å². The van der Waals surface area contributed by atoms with Gasteiger partial charge in [0.05, 0.1) is 6.10 Å². The lowest BCUT2D eigenvalue weighted by Crippen LogP contribution is -2.11. The van der Waals surface area contributed by atoms with Gasteiger partial charge in [-0.1, -0.05) is 13.2 Å². The van der Waals surface area contributed by atoms with Crippen molar-refractivity contribution in [1.82, 2.24) is 0 Å². The van der Waals surface area contributed by atoms with Crippen LogP contribution in [0.25, 0.3) is 0 Å². The highest BCUT2D eigenvalue weighted by atomic mass is 16.5. The Morgan fingerprint density at radius 3 is 1.76 bits per heavy atom. The quantitative estimate of drug-likeness (QED) is 0.447. The second kappa shape index (κ2) is 8.69. The molecule has 0 aliphatic heterocycles. The van der Waals surface area contributed by atoms with Gasteiger partial charge in [-0.2, -0.15) is 10.5 Å². The molecule has 0 rings (SSSR count). The topological polar surface area (TPSA) is 111 Å². The molecule has 0 atom stereocenters. The van der Waals surface area contributed by atoms with E-state index in [0.29, 0.717) is 0 Å². The van der Waals surface area contributed by atoms with Gasteiger partial charge in [0.15, 0.2) is 0 Å². The van der Waals surface area contributed by atoms with E-state index in [4.69, 9.17) is 15.6 Å². The van der Waals surface area contributed by atoms with Crippen molar-refractivity contribution < 1.29 is 19.4 Å². The number of carboxylic acid groups (broad SMARTS) is 1. The van der Waals surface area contributed by atoms with Gasteiger partial charge in [-0.3, -0.25) is 0 Å². The molecule has 0 amide bonds. The number of aliphatic carboxylic acids is 1. The smallest absolute Gasteiger partial charge is 0.348 e. The summed E-state index contributed by atoms with van der Waals surface area (Å²) in [5, 5.41) is 23.8. The lowest BCUT2D eigenvalue weighted by Gasteiger charge is -2.04. The number of esters is 1. The summed E-state index contributed by atoms with van der Waals surface area (Å²) in [6.07, 6.45) is -0.197. The van der Waals surface area contributed by atoms with Crippen LogP contribution in [0.3, 0.4) is 0 Å². The van der Waals surface area contributed by atoms with Crippen molar-refractivity contribution >= 4 is 11.9 Å². The first-order chi connectivity index (χ1) is 7.76. The van der Waals surface area contributed by atoms with E-state index in [9.17, 15) is 9.59 Å². The van der Waals surface area contributed by atoms with Gasteiger partial charge < -0.3 is 9.84 Å². The van der Waals surface area contributed by atoms with Gasteiger partial charge >= 0.3 is 11.9 Å². The lowest BCUT2D eigenvalue weighted by atomic mass is 10.3. The standard InChI is InChI=1S/C7H9NO2.C4H3NO2/c1-5(2)10-7(9)6(3)4-8;1-3(2-5)4(6)7/h5H,3H2,1-2H3;1H2,(H,6,7). The minimum absolute atomic E-state index is 0.159. The van der Waals surface area contributed by atoms with Crippen molar-refractivity contribution in [2.24, 2.45) is 0 Å². The molecule has 6 nitrogen and oxygen atoms in total. The summed E-state index contributed by atoms with van der Waals surface area (Å²) in [5.41, 5.74) is -0.589. The fourth-order valence-electron chi connectivity index (χ4n) is 0.379. The molecule has 0 aromatic carbocycles. The van der Waals surface area contributed by atoms with E-state index in [1.54, 1.807) is 19.9 Å². The molecule has 90 valence electrons. The average molecular weight is 236 g/mol. The van der Waals surface area contributed by atoms with Crippen molar-refractivity contribution in [1.29, 1.82) is 10.5 Å².